The van der Waals surface area contributed by atoms with Crippen LogP contribution in [0.4, 0.5) is 4.79 Å². The van der Waals surface area contributed by atoms with Gasteiger partial charge in [0.05, 0.1) is 0 Å². The van der Waals surface area contributed by atoms with Gasteiger partial charge < -0.3 is 15.3 Å². The van der Waals surface area contributed by atoms with Gasteiger partial charge in [-0.2, -0.15) is 0 Å². The summed E-state index contributed by atoms with van der Waals surface area (Å²) in [6, 6.07) is 0.0669. The lowest BCUT2D eigenvalue weighted by Crippen LogP contribution is -2.48. The van der Waals surface area contributed by atoms with E-state index in [4.69, 9.17) is 5.11 Å². The van der Waals surface area contributed by atoms with Gasteiger partial charge in [0.2, 0.25) is 0 Å². The smallest absolute Gasteiger partial charge is 0.317 e. The Labute approximate surface area is 127 Å². The van der Waals surface area contributed by atoms with Crippen LogP contribution in [-0.4, -0.2) is 41.6 Å². The maximum atomic E-state index is 12.1. The van der Waals surface area contributed by atoms with Crippen molar-refractivity contribution in [2.75, 3.05) is 19.6 Å². The molecule has 2 unspecified atom stereocenters. The highest BCUT2D eigenvalue weighted by molar-refractivity contribution is 5.74. The van der Waals surface area contributed by atoms with E-state index >= 15 is 0 Å². The number of carbonyl (C=O) groups excluding carboxylic acids is 1. The Morgan fingerprint density at radius 1 is 1.05 bits per heavy atom. The minimum atomic E-state index is -0.741. The minimum absolute atomic E-state index is 0.0669. The number of amides is 2. The summed E-state index contributed by atoms with van der Waals surface area (Å²) in [7, 11) is 0. The molecule has 0 bridgehead atoms. The summed E-state index contributed by atoms with van der Waals surface area (Å²) < 4.78 is 0. The molecule has 2 N–H and O–H groups in total. The first-order chi connectivity index (χ1) is 10.2. The monoisotopic (exact) mass is 296 g/mol. The van der Waals surface area contributed by atoms with Crippen LogP contribution in [0.15, 0.2) is 0 Å². The Morgan fingerprint density at radius 3 is 2.57 bits per heavy atom. The highest BCUT2D eigenvalue weighted by Crippen LogP contribution is 2.35. The van der Waals surface area contributed by atoms with Gasteiger partial charge in [-0.1, -0.05) is 25.7 Å². The highest BCUT2D eigenvalue weighted by Gasteiger charge is 2.32. The van der Waals surface area contributed by atoms with Crippen LogP contribution in [-0.2, 0) is 4.79 Å². The van der Waals surface area contributed by atoms with Crippen LogP contribution in [0.3, 0.4) is 0 Å². The third-order valence-electron chi connectivity index (χ3n) is 4.92. The molecule has 1 aliphatic carbocycles. The molecule has 1 aliphatic heterocycles. The van der Waals surface area contributed by atoms with Crippen molar-refractivity contribution in [3.63, 3.8) is 0 Å². The van der Waals surface area contributed by atoms with Crippen molar-refractivity contribution in [1.29, 1.82) is 0 Å². The number of hydrogen-bond donors (Lipinski definition) is 2. The average Bonchev–Trinajstić information content (AvgIpc) is 2.49. The number of carbonyl (C=O) groups is 2. The predicted octanol–water partition coefficient (Wildman–Crippen LogP) is 2.85. The van der Waals surface area contributed by atoms with Crippen molar-refractivity contribution in [2.24, 2.45) is 11.8 Å². The largest absolute Gasteiger partial charge is 0.481 e. The molecule has 21 heavy (non-hydrogen) atoms. The van der Waals surface area contributed by atoms with Crippen LogP contribution in [0, 0.1) is 11.8 Å². The lowest BCUT2D eigenvalue weighted by molar-refractivity contribution is -0.137. The van der Waals surface area contributed by atoms with Crippen molar-refractivity contribution >= 4 is 12.0 Å². The van der Waals surface area contributed by atoms with E-state index in [0.29, 0.717) is 18.9 Å². The number of carboxylic acid groups (broad SMARTS) is 1. The highest BCUT2D eigenvalue weighted by atomic mass is 16.4. The van der Waals surface area contributed by atoms with Crippen LogP contribution < -0.4 is 5.32 Å². The van der Waals surface area contributed by atoms with Crippen LogP contribution in [0.25, 0.3) is 0 Å². The molecule has 1 heterocycles. The molecule has 2 fully saturated rings. The lowest BCUT2D eigenvalue weighted by Gasteiger charge is -2.41. The SMILES string of the molecule is O=C(O)CCCCCNC(=O)N1CCC2CCCCC2C1. The van der Waals surface area contributed by atoms with E-state index in [0.717, 1.165) is 38.3 Å². The lowest BCUT2D eigenvalue weighted by atomic mass is 9.75. The topological polar surface area (TPSA) is 69.6 Å². The fraction of sp³-hybridized carbons (Fsp3) is 0.875. The molecule has 0 spiro atoms. The fourth-order valence-electron chi connectivity index (χ4n) is 3.67. The summed E-state index contributed by atoms with van der Waals surface area (Å²) >= 11 is 0. The van der Waals surface area contributed by atoms with E-state index in [1.165, 1.54) is 25.7 Å². The summed E-state index contributed by atoms with van der Waals surface area (Å²) in [5.41, 5.74) is 0. The fourth-order valence-corrected chi connectivity index (χ4v) is 3.67. The van der Waals surface area contributed by atoms with Gasteiger partial charge in [-0.25, -0.2) is 4.79 Å². The van der Waals surface area contributed by atoms with Gasteiger partial charge in [-0.05, 0) is 37.5 Å². The van der Waals surface area contributed by atoms with E-state index < -0.39 is 5.97 Å². The second-order valence-corrected chi connectivity index (χ2v) is 6.48. The Bertz CT molecular complexity index is 359. The molecule has 1 saturated carbocycles. The quantitative estimate of drug-likeness (QED) is 0.740. The van der Waals surface area contributed by atoms with Crippen LogP contribution in [0.2, 0.25) is 0 Å². The number of unbranched alkanes of at least 4 members (excludes halogenated alkanes) is 2. The van der Waals surface area contributed by atoms with Crippen molar-refractivity contribution in [2.45, 2.75) is 57.8 Å². The summed E-state index contributed by atoms with van der Waals surface area (Å²) in [5, 5.41) is 11.5. The Kier molecular flexibility index (Phi) is 6.33. The first kappa shape index (κ1) is 16.1. The van der Waals surface area contributed by atoms with Gasteiger partial charge in [-0.3, -0.25) is 4.79 Å². The van der Waals surface area contributed by atoms with Crippen LogP contribution in [0.5, 0.6) is 0 Å². The zero-order valence-corrected chi connectivity index (χ0v) is 12.9. The average molecular weight is 296 g/mol. The van der Waals surface area contributed by atoms with Crippen LogP contribution in [0.1, 0.15) is 57.8 Å². The zero-order chi connectivity index (χ0) is 15.1. The van der Waals surface area contributed by atoms with Gasteiger partial charge in [0.1, 0.15) is 0 Å². The number of hydrogen-bond acceptors (Lipinski definition) is 2. The van der Waals surface area contributed by atoms with E-state index in [1.54, 1.807) is 0 Å². The Balaban J connectivity index is 1.59. The second-order valence-electron chi connectivity index (χ2n) is 6.48. The molecule has 120 valence electrons. The van der Waals surface area contributed by atoms with E-state index in [2.05, 4.69) is 5.32 Å². The van der Waals surface area contributed by atoms with Gasteiger partial charge in [0.25, 0.3) is 0 Å². The molecule has 1 saturated heterocycles. The minimum Gasteiger partial charge on any atom is -0.481 e. The summed E-state index contributed by atoms with van der Waals surface area (Å²) in [6.07, 6.45) is 9.12. The third-order valence-corrected chi connectivity index (χ3v) is 4.92. The van der Waals surface area contributed by atoms with Crippen molar-refractivity contribution in [3.8, 4) is 0 Å². The maximum Gasteiger partial charge on any atom is 0.317 e. The number of rotatable bonds is 6. The molecule has 2 amide bonds. The number of fused-ring (bicyclic) bond motifs is 1. The maximum absolute atomic E-state index is 12.1. The molecule has 0 radical (unpaired) electrons. The number of piperidine rings is 1. The molecule has 2 atom stereocenters. The molecular formula is C16H28N2O3. The number of aliphatic carboxylic acids is 1. The Hall–Kier alpha value is -1.26. The van der Waals surface area contributed by atoms with Crippen molar-refractivity contribution in [3.05, 3.63) is 0 Å². The van der Waals surface area contributed by atoms with Crippen LogP contribution >= 0.6 is 0 Å². The van der Waals surface area contributed by atoms with E-state index in [1.807, 2.05) is 4.90 Å². The molecule has 5 heteroatoms. The number of nitrogens with zero attached hydrogens (tertiary/aromatic N) is 1. The molecule has 5 nitrogen and oxygen atoms in total. The number of likely N-dealkylation sites (tertiary alicyclic amines) is 1. The number of nitrogens with one attached hydrogen (secondary N) is 1. The first-order valence-corrected chi connectivity index (χ1v) is 8.41. The molecule has 0 aromatic carbocycles. The summed E-state index contributed by atoms with van der Waals surface area (Å²) in [5.74, 6) is 0.821. The summed E-state index contributed by atoms with van der Waals surface area (Å²) in [4.78, 5) is 24.5. The molecular weight excluding hydrogens is 268 g/mol. The normalized spacial score (nSPS) is 25.2. The zero-order valence-electron chi connectivity index (χ0n) is 12.9. The van der Waals surface area contributed by atoms with Gasteiger partial charge in [0, 0.05) is 26.1 Å². The van der Waals surface area contributed by atoms with E-state index in [9.17, 15) is 9.59 Å². The first-order valence-electron chi connectivity index (χ1n) is 8.41. The second kappa shape index (κ2) is 8.25. The van der Waals surface area contributed by atoms with Gasteiger partial charge in [-0.15, -0.1) is 0 Å². The third kappa shape index (κ3) is 5.21. The van der Waals surface area contributed by atoms with Crippen molar-refractivity contribution < 1.29 is 14.7 Å². The molecule has 2 rings (SSSR count). The standard InChI is InChI=1S/C16H28N2O3/c19-15(20)8-2-1-5-10-17-16(21)18-11-9-13-6-3-4-7-14(13)12-18/h13-14H,1-12H2,(H,17,21)(H,19,20). The number of carboxylic acids is 1. The molecule has 0 aromatic heterocycles. The van der Waals surface area contributed by atoms with Gasteiger partial charge in [0.15, 0.2) is 0 Å². The van der Waals surface area contributed by atoms with Gasteiger partial charge >= 0.3 is 12.0 Å². The molecule has 2 aliphatic rings. The molecule has 0 aromatic rings. The number of urea groups is 1. The van der Waals surface area contributed by atoms with Crippen molar-refractivity contribution in [1.82, 2.24) is 10.2 Å². The summed E-state index contributed by atoms with van der Waals surface area (Å²) in [6.45, 7) is 2.48. The van der Waals surface area contributed by atoms with E-state index in [-0.39, 0.29) is 12.5 Å². The Morgan fingerprint density at radius 2 is 1.81 bits per heavy atom. The predicted molar refractivity (Wildman–Crippen MR) is 81.1 cm³/mol.